The Balaban J connectivity index is 1.71. The molecule has 0 unspecified atom stereocenters. The summed E-state index contributed by atoms with van der Waals surface area (Å²) in [4.78, 5) is 0. The van der Waals surface area contributed by atoms with Gasteiger partial charge in [-0.1, -0.05) is 130 Å². The smallest absolute Gasteiger partial charge is 0.00107 e. The van der Waals surface area contributed by atoms with Gasteiger partial charge in [0, 0.05) is 0 Å². The Kier molecular flexibility index (Phi) is 4.15. The molecule has 0 aliphatic rings. The first kappa shape index (κ1) is 22.2. The lowest BCUT2D eigenvalue weighted by Gasteiger charge is -2.27. The summed E-state index contributed by atoms with van der Waals surface area (Å²) in [6, 6.07) is 43.2. The molecular formula is C40H28. The van der Waals surface area contributed by atoms with Gasteiger partial charge in [0.2, 0.25) is 0 Å². The van der Waals surface area contributed by atoms with Crippen LogP contribution in [0.5, 0.6) is 0 Å². The van der Waals surface area contributed by atoms with E-state index in [-0.39, 0.29) is 5.41 Å². The molecule has 0 radical (unpaired) electrons. The molecule has 0 aliphatic carbocycles. The van der Waals surface area contributed by atoms with Crippen molar-refractivity contribution in [2.24, 2.45) is 0 Å². The van der Waals surface area contributed by atoms with Gasteiger partial charge in [0.1, 0.15) is 0 Å². The number of fused-ring (bicyclic) bond motifs is 8. The van der Waals surface area contributed by atoms with Crippen molar-refractivity contribution < 1.29 is 0 Å². The molecule has 9 aromatic carbocycles. The Morgan fingerprint density at radius 2 is 0.925 bits per heavy atom. The summed E-state index contributed by atoms with van der Waals surface area (Å²) < 4.78 is 0. The molecule has 0 aliphatic heterocycles. The van der Waals surface area contributed by atoms with Crippen molar-refractivity contribution in [3.05, 3.63) is 121 Å². The molecule has 0 spiro atoms. The molecule has 9 aromatic rings. The summed E-state index contributed by atoms with van der Waals surface area (Å²) in [5, 5.41) is 19.2. The fourth-order valence-corrected chi connectivity index (χ4v) is 7.80. The van der Waals surface area contributed by atoms with Gasteiger partial charge in [-0.3, -0.25) is 0 Å². The molecule has 0 aromatic heterocycles. The highest BCUT2D eigenvalue weighted by Gasteiger charge is 2.29. The van der Waals surface area contributed by atoms with Crippen LogP contribution in [0.2, 0.25) is 0 Å². The van der Waals surface area contributed by atoms with E-state index < -0.39 is 0 Å². The van der Waals surface area contributed by atoms with Gasteiger partial charge in [0.25, 0.3) is 0 Å². The number of rotatable bonds is 1. The van der Waals surface area contributed by atoms with E-state index >= 15 is 0 Å². The maximum absolute atomic E-state index is 2.52. The van der Waals surface area contributed by atoms with Crippen molar-refractivity contribution in [1.29, 1.82) is 0 Å². The SMILES string of the molecule is CC(C)(C)c1c2c(cc3c4ccccc4c4cccc2c43)c(-c2ccccc2)c2c3cccc4cccc(c12)c43. The maximum atomic E-state index is 2.52. The first-order chi connectivity index (χ1) is 19.5. The van der Waals surface area contributed by atoms with Crippen molar-refractivity contribution in [2.75, 3.05) is 0 Å². The van der Waals surface area contributed by atoms with Gasteiger partial charge >= 0.3 is 0 Å². The lowest BCUT2D eigenvalue weighted by molar-refractivity contribution is 0.602. The molecule has 40 heavy (non-hydrogen) atoms. The summed E-state index contributed by atoms with van der Waals surface area (Å²) in [6.07, 6.45) is 0. The third kappa shape index (κ3) is 2.66. The van der Waals surface area contributed by atoms with Crippen molar-refractivity contribution in [1.82, 2.24) is 0 Å². The molecule has 9 rings (SSSR count). The summed E-state index contributed by atoms with van der Waals surface area (Å²) >= 11 is 0. The minimum Gasteiger partial charge on any atom is -0.0622 e. The van der Waals surface area contributed by atoms with E-state index in [0.29, 0.717) is 0 Å². The molecule has 0 atom stereocenters. The third-order valence-corrected chi connectivity index (χ3v) is 9.19. The molecule has 0 bridgehead atoms. The third-order valence-electron chi connectivity index (χ3n) is 9.19. The standard InChI is InChI=1S/C40H28/c1-40(2,3)39-36-30-21-11-18-27-25-16-7-8-17-26(25)31(35(27)30)22-32(36)34(24-12-5-4-6-13-24)37-28-19-9-14-23-15-10-20-29(33(23)28)38(37)39/h4-22H,1-3H3. The Hall–Kier alpha value is -4.68. The van der Waals surface area contributed by atoms with Crippen LogP contribution >= 0.6 is 0 Å². The molecule has 0 nitrogen and oxygen atoms in total. The van der Waals surface area contributed by atoms with Gasteiger partial charge in [0.15, 0.2) is 0 Å². The highest BCUT2D eigenvalue weighted by molar-refractivity contribution is 6.42. The highest BCUT2D eigenvalue weighted by atomic mass is 14.3. The Bertz CT molecular complexity index is 2430. The minimum atomic E-state index is -0.0624. The summed E-state index contributed by atoms with van der Waals surface area (Å²) in [5.74, 6) is 0. The molecule has 0 heterocycles. The van der Waals surface area contributed by atoms with E-state index in [2.05, 4.69) is 136 Å². The fraction of sp³-hybridized carbons (Fsp3) is 0.100. The van der Waals surface area contributed by atoms with E-state index in [4.69, 9.17) is 0 Å². The van der Waals surface area contributed by atoms with Crippen LogP contribution in [0.1, 0.15) is 26.3 Å². The molecule has 0 fully saturated rings. The van der Waals surface area contributed by atoms with Gasteiger partial charge in [-0.25, -0.2) is 0 Å². The van der Waals surface area contributed by atoms with Crippen molar-refractivity contribution in [3.63, 3.8) is 0 Å². The van der Waals surface area contributed by atoms with Crippen LogP contribution in [0, 0.1) is 0 Å². The van der Waals surface area contributed by atoms with Crippen LogP contribution in [-0.4, -0.2) is 0 Å². The first-order valence-corrected chi connectivity index (χ1v) is 14.3. The zero-order valence-corrected chi connectivity index (χ0v) is 23.0. The topological polar surface area (TPSA) is 0 Å². The van der Waals surface area contributed by atoms with Gasteiger partial charge < -0.3 is 0 Å². The Morgan fingerprint density at radius 3 is 1.62 bits per heavy atom. The summed E-state index contributed by atoms with van der Waals surface area (Å²) in [6.45, 7) is 7.18. The van der Waals surface area contributed by atoms with Crippen molar-refractivity contribution >= 4 is 75.4 Å². The molecule has 0 saturated heterocycles. The van der Waals surface area contributed by atoms with E-state index in [1.54, 1.807) is 0 Å². The predicted molar refractivity (Wildman–Crippen MR) is 175 cm³/mol. The van der Waals surface area contributed by atoms with Gasteiger partial charge in [0.05, 0.1) is 0 Å². The summed E-state index contributed by atoms with van der Waals surface area (Å²) in [5.41, 5.74) is 4.03. The second-order valence-electron chi connectivity index (χ2n) is 12.4. The Morgan fingerprint density at radius 1 is 0.375 bits per heavy atom. The second kappa shape index (κ2) is 7.49. The molecule has 0 heteroatoms. The highest BCUT2D eigenvalue weighted by Crippen LogP contribution is 2.54. The largest absolute Gasteiger partial charge is 0.0622 e. The van der Waals surface area contributed by atoms with E-state index in [9.17, 15) is 0 Å². The van der Waals surface area contributed by atoms with Crippen LogP contribution in [0.15, 0.2) is 115 Å². The van der Waals surface area contributed by atoms with E-state index in [0.717, 1.165) is 0 Å². The maximum Gasteiger partial charge on any atom is -0.00107 e. The lowest BCUT2D eigenvalue weighted by atomic mass is 9.76. The van der Waals surface area contributed by atoms with Gasteiger partial charge in [-0.05, 0) is 104 Å². The van der Waals surface area contributed by atoms with Crippen molar-refractivity contribution in [2.45, 2.75) is 26.2 Å². The minimum absolute atomic E-state index is 0.0624. The average Bonchev–Trinajstić information content (AvgIpc) is 3.47. The van der Waals surface area contributed by atoms with E-state index in [1.165, 1.54) is 92.1 Å². The van der Waals surface area contributed by atoms with Crippen molar-refractivity contribution in [3.8, 4) is 11.1 Å². The van der Waals surface area contributed by atoms with E-state index in [1.807, 2.05) is 0 Å². The van der Waals surface area contributed by atoms with Crippen LogP contribution in [-0.2, 0) is 5.41 Å². The lowest BCUT2D eigenvalue weighted by Crippen LogP contribution is -2.13. The molecular weight excluding hydrogens is 480 g/mol. The number of benzene rings is 7. The molecule has 0 saturated carbocycles. The normalized spacial score (nSPS) is 12.9. The first-order valence-electron chi connectivity index (χ1n) is 14.3. The second-order valence-corrected chi connectivity index (χ2v) is 12.4. The molecule has 0 N–H and O–H groups in total. The average molecular weight is 509 g/mol. The van der Waals surface area contributed by atoms with Crippen LogP contribution in [0.3, 0.4) is 0 Å². The predicted octanol–water partition coefficient (Wildman–Crippen LogP) is 11.6. The summed E-state index contributed by atoms with van der Waals surface area (Å²) in [7, 11) is 0. The van der Waals surface area contributed by atoms with Crippen LogP contribution in [0.25, 0.3) is 86.5 Å². The fourth-order valence-electron chi connectivity index (χ4n) is 7.80. The van der Waals surface area contributed by atoms with Gasteiger partial charge in [-0.15, -0.1) is 0 Å². The molecule has 188 valence electrons. The molecule has 0 amide bonds. The number of hydrogen-bond donors (Lipinski definition) is 0. The monoisotopic (exact) mass is 508 g/mol. The zero-order chi connectivity index (χ0) is 26.7. The quantitative estimate of drug-likeness (QED) is 0.193. The zero-order valence-electron chi connectivity index (χ0n) is 23.0. The van der Waals surface area contributed by atoms with Gasteiger partial charge in [-0.2, -0.15) is 0 Å². The number of hydrogen-bond acceptors (Lipinski definition) is 0. The van der Waals surface area contributed by atoms with Crippen LogP contribution < -0.4 is 0 Å². The van der Waals surface area contributed by atoms with Crippen LogP contribution in [0.4, 0.5) is 0 Å². The Labute approximate surface area is 233 Å².